The summed E-state index contributed by atoms with van der Waals surface area (Å²) in [5.41, 5.74) is -3.88. The van der Waals surface area contributed by atoms with Crippen LogP contribution in [-0.2, 0) is 29.2 Å². The number of aliphatic hydroxyl groups is 1. The van der Waals surface area contributed by atoms with Crippen molar-refractivity contribution in [2.24, 2.45) is 11.8 Å². The lowest BCUT2D eigenvalue weighted by atomic mass is 9.89. The summed E-state index contributed by atoms with van der Waals surface area (Å²) in [4.78, 5) is 52.3. The smallest absolute Gasteiger partial charge is 0.410 e. The van der Waals surface area contributed by atoms with Crippen molar-refractivity contribution in [1.82, 2.24) is 20.9 Å². The number of hydrogen-bond donors (Lipinski definition) is 5. The van der Waals surface area contributed by atoms with Gasteiger partial charge in [0.2, 0.25) is 17.3 Å². The average molecular weight is 607 g/mol. The molecule has 2 aliphatic heterocycles. The van der Waals surface area contributed by atoms with E-state index in [1.165, 1.54) is 0 Å². The lowest BCUT2D eigenvalue weighted by molar-refractivity contribution is -0.126. The Kier molecular flexibility index (Phi) is 11.8. The van der Waals surface area contributed by atoms with Crippen LogP contribution in [0.1, 0.15) is 80.1 Å². The first-order valence-electron chi connectivity index (χ1n) is 14.1. The first-order chi connectivity index (χ1) is 18.9. The van der Waals surface area contributed by atoms with Crippen LogP contribution >= 0.6 is 0 Å². The molecule has 2 heterocycles. The zero-order chi connectivity index (χ0) is 31.2. The molecule has 2 fully saturated rings. The molecule has 0 spiro atoms. The molecule has 0 unspecified atom stereocenters. The summed E-state index contributed by atoms with van der Waals surface area (Å²) in [5, 5.41) is 17.8. The van der Waals surface area contributed by atoms with Gasteiger partial charge < -0.3 is 35.4 Å². The number of hydrogen-bond acceptors (Lipinski definition) is 9. The Morgan fingerprint density at radius 2 is 1.78 bits per heavy atom. The van der Waals surface area contributed by atoms with E-state index in [0.29, 0.717) is 45.3 Å². The van der Waals surface area contributed by atoms with E-state index in [1.807, 2.05) is 20.8 Å². The van der Waals surface area contributed by atoms with Crippen LogP contribution in [0.15, 0.2) is 0 Å². The molecule has 0 bridgehead atoms. The van der Waals surface area contributed by atoms with E-state index in [4.69, 9.17) is 9.47 Å². The fourth-order valence-electron chi connectivity index (χ4n) is 4.94. The van der Waals surface area contributed by atoms with Crippen LogP contribution in [0.4, 0.5) is 9.59 Å². The molecule has 15 heteroatoms. The van der Waals surface area contributed by atoms with Gasteiger partial charge in [-0.3, -0.25) is 14.1 Å². The molecule has 14 nitrogen and oxygen atoms in total. The fraction of sp³-hybridized carbons (Fsp3) is 0.846. The summed E-state index contributed by atoms with van der Waals surface area (Å²) < 4.78 is 44.0. The van der Waals surface area contributed by atoms with Crippen LogP contribution in [-0.4, -0.2) is 95.3 Å². The second-order valence-electron chi connectivity index (χ2n) is 12.3. The second-order valence-corrected chi connectivity index (χ2v) is 13.8. The van der Waals surface area contributed by atoms with Crippen LogP contribution in [0.3, 0.4) is 0 Å². The van der Waals surface area contributed by atoms with E-state index in [1.54, 1.807) is 25.7 Å². The summed E-state index contributed by atoms with van der Waals surface area (Å²) in [5.74, 6) is -1.90. The number of ether oxygens (including phenoxy) is 2. The van der Waals surface area contributed by atoms with Crippen LogP contribution in [0.5, 0.6) is 0 Å². The highest BCUT2D eigenvalue weighted by molar-refractivity contribution is 7.86. The van der Waals surface area contributed by atoms with Crippen LogP contribution in [0.2, 0.25) is 0 Å². The summed E-state index contributed by atoms with van der Waals surface area (Å²) in [6.45, 7) is 11.8. The van der Waals surface area contributed by atoms with Gasteiger partial charge in [-0.2, -0.15) is 8.42 Å². The molecular formula is C26H46N4O10S. The first-order valence-corrected chi connectivity index (χ1v) is 15.6. The zero-order valence-corrected chi connectivity index (χ0v) is 25.6. The van der Waals surface area contributed by atoms with Crippen molar-refractivity contribution in [3.63, 3.8) is 0 Å². The predicted molar refractivity (Wildman–Crippen MR) is 148 cm³/mol. The second kappa shape index (κ2) is 14.0. The van der Waals surface area contributed by atoms with Gasteiger partial charge in [0.15, 0.2) is 0 Å². The molecule has 4 atom stereocenters. The van der Waals surface area contributed by atoms with E-state index in [-0.39, 0.29) is 24.7 Å². The Morgan fingerprint density at radius 3 is 2.24 bits per heavy atom. The van der Waals surface area contributed by atoms with Crippen molar-refractivity contribution >= 4 is 34.1 Å². The molecule has 2 rings (SSSR count). The Labute approximate surface area is 242 Å². The number of rotatable bonds is 11. The van der Waals surface area contributed by atoms with E-state index in [0.717, 1.165) is 0 Å². The van der Waals surface area contributed by atoms with Crippen molar-refractivity contribution in [2.75, 3.05) is 19.6 Å². The number of carbonyl (C=O) groups excluding carboxylic acids is 4. The largest absolute Gasteiger partial charge is 0.444 e. The van der Waals surface area contributed by atoms with Crippen LogP contribution in [0.25, 0.3) is 0 Å². The van der Waals surface area contributed by atoms with Crippen LogP contribution < -0.4 is 16.0 Å². The van der Waals surface area contributed by atoms with Crippen molar-refractivity contribution in [3.05, 3.63) is 0 Å². The molecule has 5 N–H and O–H groups in total. The third-order valence-corrected chi connectivity index (χ3v) is 8.21. The molecule has 41 heavy (non-hydrogen) atoms. The summed E-state index contributed by atoms with van der Waals surface area (Å²) >= 11 is 0. The number of nitrogens with one attached hydrogen (secondary N) is 3. The standard InChI is InChI=1S/C26H46N4O10S/c1-7-26(9-12-30(13-10-26)24(35)40-25(4,5)6)39-23(34)29-18(14-16(2)3)21(32)28-19(22(33)41(36,37)38)15-17-8-11-27-20(17)31/h16-19,22,33H,7-15H2,1-6H3,(H,27,31)(H,28,32)(H,29,34)(H,36,37,38)/t17-,18-,19-,22+/m0/s1. The summed E-state index contributed by atoms with van der Waals surface area (Å²) in [6, 6.07) is -2.66. The van der Waals surface area contributed by atoms with Gasteiger partial charge in [-0.1, -0.05) is 20.8 Å². The molecule has 0 radical (unpaired) electrons. The zero-order valence-electron chi connectivity index (χ0n) is 24.8. The highest BCUT2D eigenvalue weighted by Crippen LogP contribution is 2.31. The third-order valence-electron chi connectivity index (χ3n) is 7.27. The van der Waals surface area contributed by atoms with Crippen LogP contribution in [0, 0.1) is 11.8 Å². The highest BCUT2D eigenvalue weighted by atomic mass is 32.2. The molecule has 0 saturated carbocycles. The van der Waals surface area contributed by atoms with Crippen molar-refractivity contribution in [1.29, 1.82) is 0 Å². The molecule has 236 valence electrons. The lowest BCUT2D eigenvalue weighted by Crippen LogP contribution is -2.56. The SMILES string of the molecule is CCC1(OC(=O)N[C@@H](CC(C)C)C(=O)N[C@@H](C[C@@H]2CCNC2=O)[C@H](O)S(=O)(=O)O)CCN(C(=O)OC(C)(C)C)CC1. The van der Waals surface area contributed by atoms with Crippen molar-refractivity contribution < 1.29 is 46.7 Å². The molecule has 0 aromatic rings. The van der Waals surface area contributed by atoms with E-state index >= 15 is 0 Å². The molecule has 0 aliphatic carbocycles. The summed E-state index contributed by atoms with van der Waals surface area (Å²) in [6.07, 6.45) is 0.184. The summed E-state index contributed by atoms with van der Waals surface area (Å²) in [7, 11) is -4.97. The maximum absolute atomic E-state index is 13.3. The van der Waals surface area contributed by atoms with Crippen molar-refractivity contribution in [3.8, 4) is 0 Å². The Bertz CT molecular complexity index is 1050. The Balaban J connectivity index is 2.10. The van der Waals surface area contributed by atoms with Gasteiger partial charge in [-0.05, 0) is 52.4 Å². The topological polar surface area (TPSA) is 201 Å². The number of piperidine rings is 1. The number of carbonyl (C=O) groups is 4. The van der Waals surface area contributed by atoms with E-state index in [2.05, 4.69) is 16.0 Å². The quantitative estimate of drug-likeness (QED) is 0.215. The number of likely N-dealkylation sites (tertiary alicyclic amines) is 1. The maximum Gasteiger partial charge on any atom is 0.410 e. The molecule has 2 aliphatic rings. The van der Waals surface area contributed by atoms with E-state index in [9.17, 15) is 37.3 Å². The number of aliphatic hydroxyl groups excluding tert-OH is 1. The maximum atomic E-state index is 13.3. The van der Waals surface area contributed by atoms with Gasteiger partial charge in [-0.25, -0.2) is 9.59 Å². The minimum absolute atomic E-state index is 0.0752. The minimum atomic E-state index is -4.97. The highest BCUT2D eigenvalue weighted by Gasteiger charge is 2.41. The van der Waals surface area contributed by atoms with E-state index < -0.39 is 62.9 Å². The van der Waals surface area contributed by atoms with Gasteiger partial charge in [0, 0.05) is 38.4 Å². The number of amides is 4. The van der Waals surface area contributed by atoms with Crippen molar-refractivity contribution in [2.45, 2.75) is 109 Å². The Morgan fingerprint density at radius 1 is 1.17 bits per heavy atom. The number of nitrogens with zero attached hydrogens (tertiary/aromatic N) is 1. The Hall–Kier alpha value is -2.65. The molecule has 0 aromatic heterocycles. The fourth-order valence-corrected chi connectivity index (χ4v) is 5.53. The van der Waals surface area contributed by atoms with Gasteiger partial charge >= 0.3 is 12.2 Å². The van der Waals surface area contributed by atoms with Gasteiger partial charge in [0.1, 0.15) is 17.2 Å². The van der Waals surface area contributed by atoms with Gasteiger partial charge in [0.25, 0.3) is 10.1 Å². The molecule has 4 amide bonds. The average Bonchev–Trinajstić information content (AvgIpc) is 3.25. The van der Waals surface area contributed by atoms with Gasteiger partial charge in [-0.15, -0.1) is 0 Å². The molecular weight excluding hydrogens is 560 g/mol. The monoisotopic (exact) mass is 606 g/mol. The normalized spacial score (nSPS) is 21.4. The van der Waals surface area contributed by atoms with Gasteiger partial charge in [0.05, 0.1) is 6.04 Å². The predicted octanol–water partition coefficient (Wildman–Crippen LogP) is 1.52. The lowest BCUT2D eigenvalue weighted by Gasteiger charge is -2.41. The molecule has 2 saturated heterocycles. The number of alkyl carbamates (subject to hydrolysis) is 1. The first kappa shape index (κ1) is 34.6. The molecule has 0 aromatic carbocycles. The third kappa shape index (κ3) is 10.6. The minimum Gasteiger partial charge on any atom is -0.444 e.